The minimum atomic E-state index is -0.392. The molecular formula is C14H25NO3. The van der Waals surface area contributed by atoms with E-state index >= 15 is 0 Å². The van der Waals surface area contributed by atoms with Gasteiger partial charge in [-0.1, -0.05) is 19.8 Å². The lowest BCUT2D eigenvalue weighted by Crippen LogP contribution is -2.55. The summed E-state index contributed by atoms with van der Waals surface area (Å²) < 4.78 is 5.44. The molecule has 1 aliphatic heterocycles. The van der Waals surface area contributed by atoms with E-state index in [0.29, 0.717) is 12.5 Å². The van der Waals surface area contributed by atoms with Crippen LogP contribution in [0.2, 0.25) is 0 Å². The quantitative estimate of drug-likeness (QED) is 0.803. The second kappa shape index (κ2) is 5.57. The highest BCUT2D eigenvalue weighted by Crippen LogP contribution is 2.33. The first-order chi connectivity index (χ1) is 8.56. The first-order valence-electron chi connectivity index (χ1n) is 7.11. The monoisotopic (exact) mass is 255 g/mol. The van der Waals surface area contributed by atoms with Gasteiger partial charge >= 0.3 is 0 Å². The molecule has 2 fully saturated rings. The molecule has 4 atom stereocenters. The van der Waals surface area contributed by atoms with Crippen LogP contribution in [0.4, 0.5) is 0 Å². The average molecular weight is 255 g/mol. The largest absolute Gasteiger partial charge is 0.394 e. The smallest absolute Gasteiger partial charge is 0.226 e. The van der Waals surface area contributed by atoms with Crippen LogP contribution in [0, 0.1) is 11.8 Å². The zero-order chi connectivity index (χ0) is 13.2. The number of nitrogens with one attached hydrogen (secondary N) is 1. The van der Waals surface area contributed by atoms with Gasteiger partial charge in [0, 0.05) is 6.61 Å². The molecule has 0 radical (unpaired) electrons. The van der Waals surface area contributed by atoms with Crippen molar-refractivity contribution in [3.8, 4) is 0 Å². The Hall–Kier alpha value is -0.610. The Morgan fingerprint density at radius 3 is 2.78 bits per heavy atom. The summed E-state index contributed by atoms with van der Waals surface area (Å²) in [6.07, 6.45) is 4.85. The van der Waals surface area contributed by atoms with Gasteiger partial charge < -0.3 is 15.2 Å². The van der Waals surface area contributed by atoms with Gasteiger partial charge in [0.05, 0.1) is 24.2 Å². The molecule has 2 rings (SSSR count). The van der Waals surface area contributed by atoms with Gasteiger partial charge in [0.15, 0.2) is 0 Å². The Kier molecular flexibility index (Phi) is 4.28. The van der Waals surface area contributed by atoms with Crippen LogP contribution in [0.1, 0.15) is 46.0 Å². The molecule has 4 unspecified atom stereocenters. The van der Waals surface area contributed by atoms with Crippen molar-refractivity contribution in [2.75, 3.05) is 13.2 Å². The predicted octanol–water partition coefficient (Wildman–Crippen LogP) is 1.47. The van der Waals surface area contributed by atoms with E-state index in [1.54, 1.807) is 0 Å². The molecule has 1 saturated heterocycles. The van der Waals surface area contributed by atoms with Gasteiger partial charge in [-0.3, -0.25) is 4.79 Å². The highest BCUT2D eigenvalue weighted by Gasteiger charge is 2.39. The number of aliphatic hydroxyl groups is 1. The second-order valence-corrected chi connectivity index (χ2v) is 6.10. The minimum absolute atomic E-state index is 0.00163. The van der Waals surface area contributed by atoms with E-state index in [1.165, 1.54) is 6.42 Å². The Bertz CT molecular complexity index is 307. The molecule has 1 aliphatic carbocycles. The summed E-state index contributed by atoms with van der Waals surface area (Å²) in [4.78, 5) is 12.3. The zero-order valence-electron chi connectivity index (χ0n) is 11.4. The molecule has 1 heterocycles. The summed E-state index contributed by atoms with van der Waals surface area (Å²) in [7, 11) is 0. The molecule has 0 aromatic carbocycles. The number of ether oxygens (including phenoxy) is 1. The molecule has 18 heavy (non-hydrogen) atoms. The van der Waals surface area contributed by atoms with Gasteiger partial charge in [-0.05, 0) is 32.1 Å². The maximum Gasteiger partial charge on any atom is 0.226 e. The van der Waals surface area contributed by atoms with E-state index in [1.807, 2.05) is 6.92 Å². The summed E-state index contributed by atoms with van der Waals surface area (Å²) in [5.41, 5.74) is -0.392. The van der Waals surface area contributed by atoms with E-state index in [4.69, 9.17) is 4.74 Å². The SMILES string of the molecule is CC1CCCC(CO)(NC(=O)C2CCOC2C)C1. The Labute approximate surface area is 109 Å². The second-order valence-electron chi connectivity index (χ2n) is 6.10. The van der Waals surface area contributed by atoms with Crippen LogP contribution in [-0.4, -0.2) is 35.9 Å². The number of hydrogen-bond donors (Lipinski definition) is 2. The van der Waals surface area contributed by atoms with Gasteiger partial charge in [-0.2, -0.15) is 0 Å². The maximum atomic E-state index is 12.3. The first kappa shape index (κ1) is 13.8. The molecule has 0 aromatic rings. The molecule has 2 aliphatic rings. The third kappa shape index (κ3) is 2.86. The lowest BCUT2D eigenvalue weighted by Gasteiger charge is -2.40. The summed E-state index contributed by atoms with van der Waals surface area (Å²) in [6.45, 7) is 4.86. The van der Waals surface area contributed by atoms with Crippen LogP contribution in [0.3, 0.4) is 0 Å². The number of rotatable bonds is 3. The topological polar surface area (TPSA) is 58.6 Å². The fourth-order valence-electron chi connectivity index (χ4n) is 3.39. The van der Waals surface area contributed by atoms with Crippen LogP contribution >= 0.6 is 0 Å². The Balaban J connectivity index is 1.99. The van der Waals surface area contributed by atoms with Crippen LogP contribution in [-0.2, 0) is 9.53 Å². The van der Waals surface area contributed by atoms with Crippen LogP contribution < -0.4 is 5.32 Å². The lowest BCUT2D eigenvalue weighted by molar-refractivity contribution is -0.129. The van der Waals surface area contributed by atoms with E-state index in [2.05, 4.69) is 12.2 Å². The van der Waals surface area contributed by atoms with E-state index in [9.17, 15) is 9.90 Å². The van der Waals surface area contributed by atoms with Crippen molar-refractivity contribution in [3.63, 3.8) is 0 Å². The Morgan fingerprint density at radius 1 is 1.44 bits per heavy atom. The molecule has 1 saturated carbocycles. The van der Waals surface area contributed by atoms with Crippen molar-refractivity contribution in [2.45, 2.75) is 57.6 Å². The van der Waals surface area contributed by atoms with E-state index in [0.717, 1.165) is 25.7 Å². The third-order valence-electron chi connectivity index (χ3n) is 4.50. The summed E-state index contributed by atoms with van der Waals surface area (Å²) in [5, 5.41) is 12.8. The zero-order valence-corrected chi connectivity index (χ0v) is 11.4. The van der Waals surface area contributed by atoms with Gasteiger partial charge in [0.25, 0.3) is 0 Å². The third-order valence-corrected chi connectivity index (χ3v) is 4.50. The molecule has 104 valence electrons. The maximum absolute atomic E-state index is 12.3. The van der Waals surface area contributed by atoms with Gasteiger partial charge in [0.1, 0.15) is 0 Å². The lowest BCUT2D eigenvalue weighted by atomic mass is 9.76. The molecule has 0 aromatic heterocycles. The van der Waals surface area contributed by atoms with Crippen molar-refractivity contribution in [3.05, 3.63) is 0 Å². The fraction of sp³-hybridized carbons (Fsp3) is 0.929. The highest BCUT2D eigenvalue weighted by atomic mass is 16.5. The highest BCUT2D eigenvalue weighted by molar-refractivity contribution is 5.80. The number of aliphatic hydroxyl groups excluding tert-OH is 1. The number of amides is 1. The van der Waals surface area contributed by atoms with E-state index in [-0.39, 0.29) is 24.5 Å². The van der Waals surface area contributed by atoms with Gasteiger partial charge in [-0.25, -0.2) is 0 Å². The average Bonchev–Trinajstić information content (AvgIpc) is 2.75. The molecule has 0 bridgehead atoms. The van der Waals surface area contributed by atoms with Crippen molar-refractivity contribution in [1.29, 1.82) is 0 Å². The standard InChI is InChI=1S/C14H25NO3/c1-10-4-3-6-14(8-10,9-16)15-13(17)12-5-7-18-11(12)2/h10-12,16H,3-9H2,1-2H3,(H,15,17). The minimum Gasteiger partial charge on any atom is -0.394 e. The molecule has 0 spiro atoms. The fourth-order valence-corrected chi connectivity index (χ4v) is 3.39. The van der Waals surface area contributed by atoms with Crippen molar-refractivity contribution < 1.29 is 14.6 Å². The van der Waals surface area contributed by atoms with Crippen molar-refractivity contribution in [1.82, 2.24) is 5.32 Å². The molecular weight excluding hydrogens is 230 g/mol. The first-order valence-corrected chi connectivity index (χ1v) is 7.11. The predicted molar refractivity (Wildman–Crippen MR) is 69.1 cm³/mol. The summed E-state index contributed by atoms with van der Waals surface area (Å²) >= 11 is 0. The van der Waals surface area contributed by atoms with Gasteiger partial charge in [0.2, 0.25) is 5.91 Å². The van der Waals surface area contributed by atoms with Crippen LogP contribution in [0.15, 0.2) is 0 Å². The normalized spacial score (nSPS) is 40.7. The number of carbonyl (C=O) groups is 1. The summed E-state index contributed by atoms with van der Waals surface area (Å²) in [5.74, 6) is 0.581. The Morgan fingerprint density at radius 2 is 2.22 bits per heavy atom. The number of carbonyl (C=O) groups excluding carboxylic acids is 1. The summed E-state index contributed by atoms with van der Waals surface area (Å²) in [6, 6.07) is 0. The van der Waals surface area contributed by atoms with E-state index < -0.39 is 5.54 Å². The molecule has 2 N–H and O–H groups in total. The molecule has 4 heteroatoms. The van der Waals surface area contributed by atoms with Gasteiger partial charge in [-0.15, -0.1) is 0 Å². The van der Waals surface area contributed by atoms with Crippen LogP contribution in [0.25, 0.3) is 0 Å². The van der Waals surface area contributed by atoms with Crippen molar-refractivity contribution in [2.24, 2.45) is 11.8 Å². The number of hydrogen-bond acceptors (Lipinski definition) is 3. The van der Waals surface area contributed by atoms with Crippen LogP contribution in [0.5, 0.6) is 0 Å². The molecule has 1 amide bonds. The molecule has 4 nitrogen and oxygen atoms in total. The van der Waals surface area contributed by atoms with Crippen molar-refractivity contribution >= 4 is 5.91 Å².